The first-order valence-electron chi connectivity index (χ1n) is 13.4. The number of anilines is 1. The van der Waals surface area contributed by atoms with Gasteiger partial charge in [0.05, 0.1) is 11.1 Å². The Hall–Kier alpha value is -3.94. The molecule has 1 fully saturated rings. The number of aromatic nitrogens is 1. The number of amides is 1. The third-order valence-electron chi connectivity index (χ3n) is 6.84. The van der Waals surface area contributed by atoms with Crippen molar-refractivity contribution in [1.82, 2.24) is 14.8 Å². The van der Waals surface area contributed by atoms with Gasteiger partial charge in [0.1, 0.15) is 5.82 Å². The summed E-state index contributed by atoms with van der Waals surface area (Å²) in [5.41, 5.74) is 8.63. The number of carbonyl (C=O) groups excluding carboxylic acids is 1. The van der Waals surface area contributed by atoms with E-state index in [1.54, 1.807) is 12.3 Å². The summed E-state index contributed by atoms with van der Waals surface area (Å²) in [5.74, 6) is 5.88. The predicted octanol–water partition coefficient (Wildman–Crippen LogP) is 5.46. The van der Waals surface area contributed by atoms with Crippen LogP contribution in [-0.4, -0.2) is 60.1 Å². The van der Waals surface area contributed by atoms with Crippen LogP contribution in [0.5, 0.6) is 0 Å². The van der Waals surface area contributed by atoms with Gasteiger partial charge in [0.15, 0.2) is 0 Å². The summed E-state index contributed by atoms with van der Waals surface area (Å²) >= 11 is 0. The highest BCUT2D eigenvalue weighted by atomic mass is 19.4. The van der Waals surface area contributed by atoms with Crippen LogP contribution in [0.25, 0.3) is 0 Å². The maximum Gasteiger partial charge on any atom is 0.416 e. The number of likely N-dealkylation sites (N-methyl/N-ethyl adjacent to an activating group) is 1. The minimum absolute atomic E-state index is 0.0535. The molecule has 2 heterocycles. The standard InChI is InChI=1S/C31H37F3N6O/c1-6-22(4)24(19-37-29(35)21(2)3)8-7-23-15-26(18-36-17-23)30(41)38-27-10-9-25(28(16-27)31(32,33)34)20-40-13-11-39(5)12-14-40/h9-10,15-19H,6,11-14,20,35H2,1-5H3,(H,38,41)/b24-22+,37-19-. The molecular formula is C31H37F3N6O. The van der Waals surface area contributed by atoms with Gasteiger partial charge < -0.3 is 16.0 Å². The molecule has 0 spiro atoms. The number of halogens is 3. The van der Waals surface area contributed by atoms with Crippen molar-refractivity contribution in [3.8, 4) is 11.8 Å². The lowest BCUT2D eigenvalue weighted by Gasteiger charge is -2.33. The van der Waals surface area contributed by atoms with Gasteiger partial charge in [-0.05, 0) is 63.6 Å². The molecule has 3 N–H and O–H groups in total. The number of hydrogen-bond donors (Lipinski definition) is 2. The second-order valence-electron chi connectivity index (χ2n) is 10.3. The Kier molecular flexibility index (Phi) is 10.9. The number of nitrogens with two attached hydrogens (primary N) is 1. The number of nitrogens with one attached hydrogen (secondary N) is 1. The Labute approximate surface area is 240 Å². The molecule has 3 rings (SSSR count). The number of hydrogen-bond acceptors (Lipinski definition) is 6. The maximum atomic E-state index is 13.9. The smallest absolute Gasteiger partial charge is 0.384 e. The van der Waals surface area contributed by atoms with Crippen LogP contribution < -0.4 is 11.1 Å². The summed E-state index contributed by atoms with van der Waals surface area (Å²) < 4.78 is 41.8. The van der Waals surface area contributed by atoms with E-state index in [1.807, 2.05) is 39.6 Å². The Morgan fingerprint density at radius 1 is 1.15 bits per heavy atom. The van der Waals surface area contributed by atoms with Crippen LogP contribution in [0.15, 0.2) is 64.2 Å². The van der Waals surface area contributed by atoms with Gasteiger partial charge in [-0.15, -0.1) is 0 Å². The van der Waals surface area contributed by atoms with Crippen LogP contribution in [0.4, 0.5) is 18.9 Å². The van der Waals surface area contributed by atoms with E-state index in [-0.39, 0.29) is 23.4 Å². The zero-order valence-corrected chi connectivity index (χ0v) is 24.2. The molecule has 0 aliphatic carbocycles. The summed E-state index contributed by atoms with van der Waals surface area (Å²) in [5, 5.41) is 2.57. The first-order chi connectivity index (χ1) is 19.4. The Morgan fingerprint density at radius 2 is 1.85 bits per heavy atom. The van der Waals surface area contributed by atoms with Crippen molar-refractivity contribution >= 4 is 17.8 Å². The third-order valence-corrected chi connectivity index (χ3v) is 6.84. The van der Waals surface area contributed by atoms with Gasteiger partial charge in [-0.2, -0.15) is 13.2 Å². The zero-order chi connectivity index (χ0) is 30.2. The number of allylic oxidation sites excluding steroid dienone is 3. The summed E-state index contributed by atoms with van der Waals surface area (Å²) in [6, 6.07) is 5.47. The number of aliphatic imine (C=N–C) groups is 1. The van der Waals surface area contributed by atoms with Gasteiger partial charge >= 0.3 is 6.18 Å². The molecule has 7 nitrogen and oxygen atoms in total. The Morgan fingerprint density at radius 3 is 2.49 bits per heavy atom. The summed E-state index contributed by atoms with van der Waals surface area (Å²) in [6.07, 6.45) is 0.682. The van der Waals surface area contributed by atoms with E-state index < -0.39 is 17.6 Å². The molecule has 41 heavy (non-hydrogen) atoms. The average Bonchev–Trinajstić information content (AvgIpc) is 2.94. The number of nitrogens with zero attached hydrogens (tertiary/aromatic N) is 4. The molecule has 1 aromatic carbocycles. The van der Waals surface area contributed by atoms with E-state index in [0.29, 0.717) is 30.0 Å². The minimum atomic E-state index is -4.55. The highest BCUT2D eigenvalue weighted by Gasteiger charge is 2.34. The van der Waals surface area contributed by atoms with E-state index in [2.05, 4.69) is 32.0 Å². The number of piperazine rings is 1. The second kappa shape index (κ2) is 14.1. The molecule has 10 heteroatoms. The third kappa shape index (κ3) is 9.30. The van der Waals surface area contributed by atoms with Gasteiger partial charge in [-0.3, -0.25) is 14.7 Å². The molecule has 0 bridgehead atoms. The van der Waals surface area contributed by atoms with E-state index in [1.165, 1.54) is 24.5 Å². The average molecular weight is 567 g/mol. The van der Waals surface area contributed by atoms with Crippen LogP contribution >= 0.6 is 0 Å². The second-order valence-corrected chi connectivity index (χ2v) is 10.3. The lowest BCUT2D eigenvalue weighted by atomic mass is 10.0. The lowest BCUT2D eigenvalue weighted by molar-refractivity contribution is -0.138. The van der Waals surface area contributed by atoms with Crippen molar-refractivity contribution in [2.24, 2.45) is 10.7 Å². The molecule has 1 amide bonds. The number of benzene rings is 1. The molecule has 1 aliphatic rings. The van der Waals surface area contributed by atoms with Crippen LogP contribution in [0.2, 0.25) is 0 Å². The molecule has 1 aromatic heterocycles. The van der Waals surface area contributed by atoms with Gasteiger partial charge in [0, 0.05) is 68.2 Å². The van der Waals surface area contributed by atoms with Crippen LogP contribution in [0.1, 0.15) is 61.2 Å². The van der Waals surface area contributed by atoms with Crippen molar-refractivity contribution < 1.29 is 18.0 Å². The van der Waals surface area contributed by atoms with Crippen LogP contribution in [0.3, 0.4) is 0 Å². The van der Waals surface area contributed by atoms with Gasteiger partial charge in [-0.25, -0.2) is 4.99 Å². The number of alkyl halides is 3. The lowest BCUT2D eigenvalue weighted by Crippen LogP contribution is -2.44. The fourth-order valence-corrected chi connectivity index (χ4v) is 3.98. The summed E-state index contributed by atoms with van der Waals surface area (Å²) in [4.78, 5) is 25.5. The molecule has 0 atom stereocenters. The van der Waals surface area contributed by atoms with E-state index >= 15 is 0 Å². The Balaban J connectivity index is 1.80. The Bertz CT molecular complexity index is 1400. The summed E-state index contributed by atoms with van der Waals surface area (Å²) in [6.45, 7) is 10.9. The number of pyridine rings is 1. The van der Waals surface area contributed by atoms with Gasteiger partial charge in [0.2, 0.25) is 0 Å². The molecule has 218 valence electrons. The monoisotopic (exact) mass is 566 g/mol. The van der Waals surface area contributed by atoms with Gasteiger partial charge in [-0.1, -0.05) is 30.4 Å². The fraction of sp³-hybridized carbons (Fsp3) is 0.387. The van der Waals surface area contributed by atoms with E-state index in [9.17, 15) is 18.0 Å². The quantitative estimate of drug-likeness (QED) is 0.344. The van der Waals surface area contributed by atoms with Crippen molar-refractivity contribution in [3.05, 3.63) is 81.5 Å². The molecule has 0 unspecified atom stereocenters. The first kappa shape index (κ1) is 31.6. The van der Waals surface area contributed by atoms with E-state index in [4.69, 9.17) is 5.73 Å². The zero-order valence-electron chi connectivity index (χ0n) is 24.2. The highest BCUT2D eigenvalue weighted by molar-refractivity contribution is 6.04. The largest absolute Gasteiger partial charge is 0.416 e. The fourth-order valence-electron chi connectivity index (χ4n) is 3.98. The van der Waals surface area contributed by atoms with Crippen molar-refractivity contribution in [2.75, 3.05) is 38.5 Å². The highest BCUT2D eigenvalue weighted by Crippen LogP contribution is 2.34. The molecule has 1 saturated heterocycles. The molecule has 2 aromatic rings. The molecule has 0 saturated carbocycles. The minimum Gasteiger partial charge on any atom is -0.384 e. The number of carbonyl (C=O) groups is 1. The van der Waals surface area contributed by atoms with Crippen molar-refractivity contribution in [1.29, 1.82) is 0 Å². The number of rotatable bonds is 7. The van der Waals surface area contributed by atoms with E-state index in [0.717, 1.165) is 36.7 Å². The maximum absolute atomic E-state index is 13.9. The SMILES string of the molecule is CC/C(C)=C(C#Cc1cncc(C(=O)Nc2ccc(CN3CCN(C)CC3)c(C(F)(F)F)c2)c1)/C=N\C(N)=C(C)C. The first-order valence-corrected chi connectivity index (χ1v) is 13.4. The predicted molar refractivity (Wildman–Crippen MR) is 157 cm³/mol. The molecule has 1 aliphatic heterocycles. The summed E-state index contributed by atoms with van der Waals surface area (Å²) in [7, 11) is 1.99. The van der Waals surface area contributed by atoms with Crippen LogP contribution in [0, 0.1) is 11.8 Å². The molecular weight excluding hydrogens is 529 g/mol. The van der Waals surface area contributed by atoms with Crippen molar-refractivity contribution in [2.45, 2.75) is 46.8 Å². The molecule has 0 radical (unpaired) electrons. The van der Waals surface area contributed by atoms with Crippen molar-refractivity contribution in [3.63, 3.8) is 0 Å². The normalized spacial score (nSPS) is 15.2. The topological polar surface area (TPSA) is 86.9 Å². The van der Waals surface area contributed by atoms with Gasteiger partial charge in [0.25, 0.3) is 5.91 Å². The van der Waals surface area contributed by atoms with Crippen LogP contribution in [-0.2, 0) is 12.7 Å².